The van der Waals surface area contributed by atoms with E-state index in [0.717, 1.165) is 23.0 Å². The summed E-state index contributed by atoms with van der Waals surface area (Å²) in [6, 6.07) is 12.0. The zero-order valence-corrected chi connectivity index (χ0v) is 14.6. The highest BCUT2D eigenvalue weighted by Gasteiger charge is 2.05. The maximum absolute atomic E-state index is 9.95. The van der Waals surface area contributed by atoms with Gasteiger partial charge in [0.25, 0.3) is 0 Å². The van der Waals surface area contributed by atoms with Crippen LogP contribution in [0.1, 0.15) is 17.2 Å². The van der Waals surface area contributed by atoms with Crippen molar-refractivity contribution in [1.29, 1.82) is 0 Å². The summed E-state index contributed by atoms with van der Waals surface area (Å²) in [7, 11) is 0. The van der Waals surface area contributed by atoms with Gasteiger partial charge in [-0.3, -0.25) is 4.98 Å². The molecule has 2 aromatic rings. The van der Waals surface area contributed by atoms with E-state index in [1.165, 1.54) is 5.56 Å². The summed E-state index contributed by atoms with van der Waals surface area (Å²) < 4.78 is 1.09. The number of aliphatic hydroxyl groups excluding tert-OH is 1. The zero-order chi connectivity index (χ0) is 13.5. The van der Waals surface area contributed by atoms with E-state index in [1.54, 1.807) is 12.4 Å². The quantitative estimate of drug-likeness (QED) is 0.737. The van der Waals surface area contributed by atoms with Crippen LogP contribution in [0.2, 0.25) is 0 Å². The van der Waals surface area contributed by atoms with Gasteiger partial charge in [0, 0.05) is 29.0 Å². The summed E-state index contributed by atoms with van der Waals surface area (Å²) in [5, 5.41) is 13.2. The largest absolute Gasteiger partial charge is 0.387 e. The first-order valence-electron chi connectivity index (χ1n) is 6.29. The summed E-state index contributed by atoms with van der Waals surface area (Å²) in [6.07, 6.45) is 3.85. The van der Waals surface area contributed by atoms with Crippen molar-refractivity contribution in [2.75, 3.05) is 13.1 Å². The Morgan fingerprint density at radius 2 is 1.86 bits per heavy atom. The topological polar surface area (TPSA) is 45.1 Å². The Hall–Kier alpha value is -0.650. The molecule has 0 aliphatic carbocycles. The van der Waals surface area contributed by atoms with Gasteiger partial charge >= 0.3 is 0 Å². The van der Waals surface area contributed by atoms with E-state index in [2.05, 4.69) is 38.4 Å². The van der Waals surface area contributed by atoms with Crippen molar-refractivity contribution in [3.05, 3.63) is 64.4 Å². The lowest BCUT2D eigenvalue weighted by Crippen LogP contribution is -2.23. The summed E-state index contributed by atoms with van der Waals surface area (Å²) in [5.41, 5.74) is 2.13. The zero-order valence-electron chi connectivity index (χ0n) is 11.4. The van der Waals surface area contributed by atoms with Gasteiger partial charge in [0.1, 0.15) is 0 Å². The van der Waals surface area contributed by atoms with Crippen LogP contribution in [0.4, 0.5) is 0 Å². The fourth-order valence-corrected chi connectivity index (χ4v) is 2.08. The number of pyridine rings is 1. The minimum Gasteiger partial charge on any atom is -0.387 e. The van der Waals surface area contributed by atoms with Crippen LogP contribution in [0.5, 0.6) is 0 Å². The minimum absolute atomic E-state index is 0. The predicted molar refractivity (Wildman–Crippen MR) is 94.4 cm³/mol. The lowest BCUT2D eigenvalue weighted by Gasteiger charge is -2.11. The molecule has 21 heavy (non-hydrogen) atoms. The minimum atomic E-state index is -0.501. The van der Waals surface area contributed by atoms with Crippen molar-refractivity contribution in [2.45, 2.75) is 12.5 Å². The molecule has 0 aliphatic heterocycles. The number of rotatable bonds is 6. The monoisotopic (exact) mass is 392 g/mol. The van der Waals surface area contributed by atoms with E-state index in [9.17, 15) is 5.11 Å². The lowest BCUT2D eigenvalue weighted by molar-refractivity contribution is 0.174. The van der Waals surface area contributed by atoms with Gasteiger partial charge in [-0.1, -0.05) is 34.1 Å². The number of halogens is 3. The molecule has 0 saturated heterocycles. The van der Waals surface area contributed by atoms with Gasteiger partial charge in [-0.05, 0) is 36.7 Å². The number of benzene rings is 1. The second kappa shape index (κ2) is 11.0. The molecule has 0 spiro atoms. The van der Waals surface area contributed by atoms with Crippen LogP contribution in [-0.4, -0.2) is 23.2 Å². The molecule has 0 amide bonds. The highest BCUT2D eigenvalue weighted by Crippen LogP contribution is 2.11. The van der Waals surface area contributed by atoms with Gasteiger partial charge in [-0.15, -0.1) is 24.8 Å². The first-order valence-corrected chi connectivity index (χ1v) is 7.08. The fraction of sp³-hybridized carbons (Fsp3) is 0.267. The summed E-state index contributed by atoms with van der Waals surface area (Å²) in [4.78, 5) is 4.00. The van der Waals surface area contributed by atoms with Crippen molar-refractivity contribution in [2.24, 2.45) is 0 Å². The van der Waals surface area contributed by atoms with Crippen LogP contribution in [0.3, 0.4) is 0 Å². The van der Waals surface area contributed by atoms with Crippen molar-refractivity contribution < 1.29 is 5.11 Å². The predicted octanol–water partition coefficient (Wildman–Crippen LogP) is 3.55. The van der Waals surface area contributed by atoms with Crippen LogP contribution in [-0.2, 0) is 6.42 Å². The fourth-order valence-electron chi connectivity index (χ4n) is 1.81. The van der Waals surface area contributed by atoms with E-state index in [-0.39, 0.29) is 24.8 Å². The molecule has 3 nitrogen and oxygen atoms in total. The molecular weight excluding hydrogens is 375 g/mol. The molecule has 0 radical (unpaired) electrons. The summed E-state index contributed by atoms with van der Waals surface area (Å²) in [6.45, 7) is 1.39. The summed E-state index contributed by atoms with van der Waals surface area (Å²) in [5.74, 6) is 0. The number of nitrogens with zero attached hydrogens (tertiary/aromatic N) is 1. The first-order chi connectivity index (χ1) is 9.25. The van der Waals surface area contributed by atoms with Crippen molar-refractivity contribution in [3.63, 3.8) is 0 Å². The van der Waals surface area contributed by atoms with Crippen LogP contribution < -0.4 is 5.32 Å². The van der Waals surface area contributed by atoms with Crippen LogP contribution in [0.25, 0.3) is 0 Å². The molecule has 0 aliphatic rings. The van der Waals surface area contributed by atoms with E-state index in [1.807, 2.05) is 24.3 Å². The molecule has 0 fully saturated rings. The van der Waals surface area contributed by atoms with Gasteiger partial charge < -0.3 is 10.4 Å². The number of aliphatic hydroxyl groups is 1. The molecule has 0 unspecified atom stereocenters. The van der Waals surface area contributed by atoms with Gasteiger partial charge in [0.2, 0.25) is 0 Å². The third-order valence-corrected chi connectivity index (χ3v) is 3.44. The Labute approximate surface area is 146 Å². The lowest BCUT2D eigenvalue weighted by atomic mass is 10.1. The third-order valence-electron chi connectivity index (χ3n) is 2.91. The van der Waals surface area contributed by atoms with Crippen LogP contribution in [0.15, 0.2) is 53.3 Å². The maximum atomic E-state index is 9.95. The van der Waals surface area contributed by atoms with Gasteiger partial charge in [0.05, 0.1) is 6.10 Å². The van der Waals surface area contributed by atoms with Gasteiger partial charge in [-0.2, -0.15) is 0 Å². The van der Waals surface area contributed by atoms with Crippen molar-refractivity contribution in [1.82, 2.24) is 10.3 Å². The molecule has 1 aromatic heterocycles. The molecule has 1 atom stereocenters. The molecular formula is C15H19BrCl2N2O. The number of nitrogens with one attached hydrogen (secondary N) is 1. The Kier molecular flexibility index (Phi) is 10.6. The Bertz CT molecular complexity index is 497. The molecule has 0 bridgehead atoms. The second-order valence-electron chi connectivity index (χ2n) is 4.38. The number of hydrogen-bond acceptors (Lipinski definition) is 3. The second-order valence-corrected chi connectivity index (χ2v) is 5.30. The molecule has 2 rings (SSSR count). The highest BCUT2D eigenvalue weighted by atomic mass is 79.9. The first kappa shape index (κ1) is 20.3. The van der Waals surface area contributed by atoms with E-state index in [4.69, 9.17) is 0 Å². The Balaban J connectivity index is 0.00000200. The SMILES string of the molecule is Cl.Cl.O[C@@H](CNCCc1ccc(Br)cc1)c1cccnc1. The third kappa shape index (κ3) is 7.25. The number of aromatic nitrogens is 1. The number of hydrogen-bond donors (Lipinski definition) is 2. The van der Waals surface area contributed by atoms with Gasteiger partial charge in [-0.25, -0.2) is 0 Å². The summed E-state index contributed by atoms with van der Waals surface area (Å²) >= 11 is 3.42. The molecule has 6 heteroatoms. The smallest absolute Gasteiger partial charge is 0.0929 e. The standard InChI is InChI=1S/C15H17BrN2O.2ClH/c16-14-5-3-12(4-6-14)7-9-18-11-15(19)13-2-1-8-17-10-13;;/h1-6,8,10,15,18-19H,7,9,11H2;2*1H/t15-;;/m0../s1. The Morgan fingerprint density at radius 1 is 1.14 bits per heavy atom. The van der Waals surface area contributed by atoms with Crippen molar-refractivity contribution >= 4 is 40.7 Å². The highest BCUT2D eigenvalue weighted by molar-refractivity contribution is 9.10. The van der Waals surface area contributed by atoms with E-state index >= 15 is 0 Å². The van der Waals surface area contributed by atoms with E-state index < -0.39 is 6.10 Å². The van der Waals surface area contributed by atoms with Crippen molar-refractivity contribution in [3.8, 4) is 0 Å². The molecule has 116 valence electrons. The normalized spacial score (nSPS) is 11.1. The average molecular weight is 394 g/mol. The Morgan fingerprint density at radius 3 is 2.48 bits per heavy atom. The van der Waals surface area contributed by atoms with Gasteiger partial charge in [0.15, 0.2) is 0 Å². The van der Waals surface area contributed by atoms with Crippen LogP contribution in [0, 0.1) is 0 Å². The maximum Gasteiger partial charge on any atom is 0.0929 e. The van der Waals surface area contributed by atoms with E-state index in [0.29, 0.717) is 6.54 Å². The molecule has 1 aromatic carbocycles. The molecule has 0 saturated carbocycles. The molecule has 1 heterocycles. The van der Waals surface area contributed by atoms with Crippen LogP contribution >= 0.6 is 40.7 Å². The average Bonchev–Trinajstić information content (AvgIpc) is 2.46. The molecule has 2 N–H and O–H groups in total.